The molecule has 2 saturated heterocycles. The van der Waals surface area contributed by atoms with E-state index in [1.165, 1.54) is 19.3 Å². The molecule has 1 aromatic carbocycles. The summed E-state index contributed by atoms with van der Waals surface area (Å²) < 4.78 is 7.53. The highest BCUT2D eigenvalue weighted by Gasteiger charge is 2.20. The van der Waals surface area contributed by atoms with E-state index in [0.717, 1.165) is 59.9 Å². The molecule has 0 aliphatic carbocycles. The molecule has 4 aromatic rings. The molecule has 33 heavy (non-hydrogen) atoms. The van der Waals surface area contributed by atoms with Crippen LogP contribution in [0.5, 0.6) is 0 Å². The first-order chi connectivity index (χ1) is 16.3. The molecule has 6 rings (SSSR count). The van der Waals surface area contributed by atoms with E-state index in [0.29, 0.717) is 19.0 Å². The number of benzene rings is 1. The van der Waals surface area contributed by atoms with Crippen molar-refractivity contribution in [3.8, 4) is 0 Å². The lowest BCUT2D eigenvalue weighted by molar-refractivity contribution is 0.122. The highest BCUT2D eigenvalue weighted by Crippen LogP contribution is 2.26. The Hall–Kier alpha value is -3.59. The summed E-state index contributed by atoms with van der Waals surface area (Å²) in [5.74, 6) is 2.71. The number of hydrazone groups is 1. The minimum absolute atomic E-state index is 0.699. The molecule has 0 bridgehead atoms. The van der Waals surface area contributed by atoms with Gasteiger partial charge in [0.1, 0.15) is 5.82 Å². The van der Waals surface area contributed by atoms with E-state index in [-0.39, 0.29) is 0 Å². The Bertz CT molecular complexity index is 1280. The van der Waals surface area contributed by atoms with E-state index in [1.807, 2.05) is 35.1 Å². The minimum atomic E-state index is 0.699. The van der Waals surface area contributed by atoms with Gasteiger partial charge in [0, 0.05) is 61.0 Å². The molecule has 0 radical (unpaired) electrons. The van der Waals surface area contributed by atoms with Gasteiger partial charge in [-0.15, -0.1) is 5.10 Å². The van der Waals surface area contributed by atoms with Gasteiger partial charge in [-0.3, -0.25) is 5.43 Å². The maximum absolute atomic E-state index is 5.57. The smallest absolute Gasteiger partial charge is 0.162 e. The van der Waals surface area contributed by atoms with E-state index < -0.39 is 0 Å². The van der Waals surface area contributed by atoms with Crippen LogP contribution >= 0.6 is 0 Å². The van der Waals surface area contributed by atoms with E-state index in [9.17, 15) is 0 Å². The van der Waals surface area contributed by atoms with Crippen molar-refractivity contribution in [3.05, 3.63) is 48.2 Å². The van der Waals surface area contributed by atoms with Gasteiger partial charge in [-0.05, 0) is 25.3 Å². The molecule has 2 N–H and O–H groups in total. The number of ether oxygens (including phenoxy) is 1. The quantitative estimate of drug-likeness (QED) is 0.362. The lowest BCUT2D eigenvalue weighted by Crippen LogP contribution is -2.37. The highest BCUT2D eigenvalue weighted by molar-refractivity contribution is 5.99. The molecule has 0 amide bonds. The van der Waals surface area contributed by atoms with Gasteiger partial charge in [-0.2, -0.15) is 9.62 Å². The minimum Gasteiger partial charge on any atom is -0.378 e. The molecular weight excluding hydrogens is 416 g/mol. The van der Waals surface area contributed by atoms with Gasteiger partial charge >= 0.3 is 0 Å². The zero-order valence-corrected chi connectivity index (χ0v) is 18.6. The molecule has 9 nitrogen and oxygen atoms in total. The second-order valence-electron chi connectivity index (χ2n) is 8.58. The Labute approximate surface area is 192 Å². The summed E-state index contributed by atoms with van der Waals surface area (Å²) in [7, 11) is 0. The largest absolute Gasteiger partial charge is 0.378 e. The molecule has 2 aliphatic heterocycles. The Morgan fingerprint density at radius 1 is 1.00 bits per heavy atom. The summed E-state index contributed by atoms with van der Waals surface area (Å²) in [6.45, 7) is 5.19. The lowest BCUT2D eigenvalue weighted by Gasteiger charge is -2.29. The molecule has 9 heteroatoms. The molecule has 170 valence electrons. The molecule has 2 fully saturated rings. The van der Waals surface area contributed by atoms with Crippen molar-refractivity contribution < 1.29 is 4.74 Å². The third-order valence-electron chi connectivity index (χ3n) is 6.41. The summed E-state index contributed by atoms with van der Waals surface area (Å²) in [5.41, 5.74) is 6.09. The predicted molar refractivity (Wildman–Crippen MR) is 132 cm³/mol. The van der Waals surface area contributed by atoms with Crippen LogP contribution in [-0.4, -0.2) is 65.2 Å². The number of nitrogens with zero attached hydrogens (tertiary/aromatic N) is 6. The van der Waals surface area contributed by atoms with Crippen LogP contribution in [-0.2, 0) is 4.74 Å². The van der Waals surface area contributed by atoms with Gasteiger partial charge in [0.25, 0.3) is 0 Å². The molecular formula is C24H28N8O. The maximum Gasteiger partial charge on any atom is 0.162 e. The molecule has 0 spiro atoms. The van der Waals surface area contributed by atoms with Crippen LogP contribution in [0, 0.1) is 0 Å². The average Bonchev–Trinajstić information content (AvgIpc) is 3.49. The van der Waals surface area contributed by atoms with Crippen LogP contribution in [0.3, 0.4) is 0 Å². The van der Waals surface area contributed by atoms with Crippen LogP contribution in [0.15, 0.2) is 47.7 Å². The van der Waals surface area contributed by atoms with Gasteiger partial charge in [-0.25, -0.2) is 4.98 Å². The van der Waals surface area contributed by atoms with Crippen molar-refractivity contribution in [2.75, 3.05) is 54.6 Å². The second-order valence-corrected chi connectivity index (χ2v) is 8.58. The normalized spacial score (nSPS) is 17.5. The number of fused-ring (bicyclic) bond motifs is 2. The number of aromatic amines is 1. The van der Waals surface area contributed by atoms with E-state index in [4.69, 9.17) is 14.8 Å². The van der Waals surface area contributed by atoms with Gasteiger partial charge in [-0.1, -0.05) is 18.2 Å². The van der Waals surface area contributed by atoms with Gasteiger partial charge < -0.3 is 19.5 Å². The zero-order chi connectivity index (χ0) is 22.0. The topological polar surface area (TPSA) is 86.1 Å². The fraction of sp³-hybridized carbons (Fsp3) is 0.375. The van der Waals surface area contributed by atoms with Crippen LogP contribution in [0.2, 0.25) is 0 Å². The molecule has 5 heterocycles. The number of hydrogen-bond donors (Lipinski definition) is 2. The first-order valence-corrected chi connectivity index (χ1v) is 11.7. The number of morpholine rings is 1. The maximum atomic E-state index is 5.57. The fourth-order valence-electron chi connectivity index (χ4n) is 4.67. The number of rotatable bonds is 5. The number of aromatic nitrogens is 4. The Morgan fingerprint density at radius 3 is 2.73 bits per heavy atom. The molecule has 0 saturated carbocycles. The third kappa shape index (κ3) is 4.00. The Balaban J connectivity index is 1.32. The molecule has 2 aliphatic rings. The Kier molecular flexibility index (Phi) is 5.31. The zero-order valence-electron chi connectivity index (χ0n) is 18.6. The summed E-state index contributed by atoms with van der Waals surface area (Å²) >= 11 is 0. The number of H-pyrrole nitrogens is 1. The van der Waals surface area contributed by atoms with Crippen LogP contribution in [0.4, 0.5) is 17.5 Å². The summed E-state index contributed by atoms with van der Waals surface area (Å²) in [6.07, 6.45) is 7.52. The summed E-state index contributed by atoms with van der Waals surface area (Å²) in [4.78, 5) is 12.8. The first kappa shape index (κ1) is 20.0. The molecule has 3 aromatic heterocycles. The van der Waals surface area contributed by atoms with E-state index in [1.54, 1.807) is 0 Å². The molecule has 0 atom stereocenters. The number of hydrogen-bond acceptors (Lipinski definition) is 7. The highest BCUT2D eigenvalue weighted by atomic mass is 16.5. The predicted octanol–water partition coefficient (Wildman–Crippen LogP) is 3.48. The molecule has 0 unspecified atom stereocenters. The lowest BCUT2D eigenvalue weighted by atomic mass is 10.1. The number of para-hydroxylation sites is 1. The first-order valence-electron chi connectivity index (χ1n) is 11.7. The number of anilines is 3. The van der Waals surface area contributed by atoms with Gasteiger partial charge in [0.2, 0.25) is 0 Å². The van der Waals surface area contributed by atoms with Crippen LogP contribution in [0.1, 0.15) is 24.8 Å². The average molecular weight is 445 g/mol. The van der Waals surface area contributed by atoms with Crippen molar-refractivity contribution in [2.45, 2.75) is 19.3 Å². The van der Waals surface area contributed by atoms with Crippen LogP contribution in [0.25, 0.3) is 16.6 Å². The van der Waals surface area contributed by atoms with E-state index in [2.05, 4.69) is 43.5 Å². The SMILES string of the molecule is C(=N\Nc1cc(N2CCOCC2)n2nc(N3CCCCC3)cc2n1)/c1c[nH]c2ccccc12. The van der Waals surface area contributed by atoms with Crippen LogP contribution < -0.4 is 15.2 Å². The number of nitrogens with one attached hydrogen (secondary N) is 2. The Morgan fingerprint density at radius 2 is 1.85 bits per heavy atom. The van der Waals surface area contributed by atoms with Crippen molar-refractivity contribution in [1.29, 1.82) is 0 Å². The van der Waals surface area contributed by atoms with E-state index >= 15 is 0 Å². The van der Waals surface area contributed by atoms with Gasteiger partial charge in [0.05, 0.1) is 19.4 Å². The van der Waals surface area contributed by atoms with Gasteiger partial charge in [0.15, 0.2) is 17.3 Å². The summed E-state index contributed by atoms with van der Waals surface area (Å²) in [5, 5.41) is 10.6. The van der Waals surface area contributed by atoms with Crippen molar-refractivity contribution in [1.82, 2.24) is 19.6 Å². The second kappa shape index (κ2) is 8.74. The standard InChI is InChI=1S/C24H28N8O/c1-4-8-30(9-5-1)23-15-22-27-21(14-24(32(22)29-23)31-10-12-33-13-11-31)28-26-17-18-16-25-20-7-3-2-6-19(18)20/h2-3,6-7,14-17,25H,1,4-5,8-13H2,(H,27,28)/b26-17+. The van der Waals surface area contributed by atoms with Crippen molar-refractivity contribution >= 4 is 40.2 Å². The van der Waals surface area contributed by atoms with Crippen molar-refractivity contribution in [2.24, 2.45) is 5.10 Å². The number of piperidine rings is 1. The van der Waals surface area contributed by atoms with Crippen molar-refractivity contribution in [3.63, 3.8) is 0 Å². The summed E-state index contributed by atoms with van der Waals surface area (Å²) in [6, 6.07) is 12.3. The fourth-order valence-corrected chi connectivity index (χ4v) is 4.67. The monoisotopic (exact) mass is 444 g/mol. The third-order valence-corrected chi connectivity index (χ3v) is 6.41.